The van der Waals surface area contributed by atoms with Gasteiger partial charge < -0.3 is 0 Å². The van der Waals surface area contributed by atoms with Crippen molar-refractivity contribution in [2.24, 2.45) is 0 Å². The van der Waals surface area contributed by atoms with Gasteiger partial charge in [0.2, 0.25) is 0 Å². The van der Waals surface area contributed by atoms with E-state index in [1.54, 1.807) is 0 Å². The van der Waals surface area contributed by atoms with Crippen molar-refractivity contribution in [1.29, 1.82) is 0 Å². The molecule has 0 aromatic carbocycles. The highest BCUT2D eigenvalue weighted by Crippen LogP contribution is 1.98. The summed E-state index contributed by atoms with van der Waals surface area (Å²) >= 11 is 0. The Morgan fingerprint density at radius 3 is 2.33 bits per heavy atom. The molecule has 0 aliphatic rings. The Hall–Kier alpha value is -0.590. The maximum Gasteiger partial charge on any atom is 0.157 e. The van der Waals surface area contributed by atoms with Crippen molar-refractivity contribution in [3.63, 3.8) is 0 Å². The van der Waals surface area contributed by atoms with Gasteiger partial charge in [-0.3, -0.25) is 4.79 Å². The normalized spacial score (nSPS) is 11.7. The molecule has 0 rings (SSSR count). The van der Waals surface area contributed by atoms with E-state index in [0.29, 0.717) is 6.42 Å². The fourth-order valence-corrected chi connectivity index (χ4v) is 0.699. The lowest BCUT2D eigenvalue weighted by Gasteiger charge is -1.93. The van der Waals surface area contributed by atoms with Crippen molar-refractivity contribution in [1.82, 2.24) is 0 Å². The lowest BCUT2D eigenvalue weighted by atomic mass is 10.1. The molecule has 0 amide bonds. The van der Waals surface area contributed by atoms with Crippen LogP contribution in [0.2, 0.25) is 0 Å². The molecule has 1 nitrogen and oxygen atoms in total. The van der Waals surface area contributed by atoms with Crippen molar-refractivity contribution in [2.45, 2.75) is 33.6 Å². The van der Waals surface area contributed by atoms with Crippen molar-refractivity contribution >= 4 is 5.78 Å². The van der Waals surface area contributed by atoms with Gasteiger partial charge in [-0.1, -0.05) is 19.9 Å². The number of Topliss-reactive ketones (excluding diaryl/α,β-unsaturated/α-hetero) is 1. The Kier molecular flexibility index (Phi) is 4.02. The predicted molar refractivity (Wildman–Crippen MR) is 39.3 cm³/mol. The average Bonchev–Trinajstić information content (AvgIpc) is 1.87. The molecule has 0 unspecified atom stereocenters. The van der Waals surface area contributed by atoms with Crippen LogP contribution in [-0.2, 0) is 4.79 Å². The number of carbonyl (C=O) groups excluding carboxylic acids is 1. The van der Waals surface area contributed by atoms with Crippen molar-refractivity contribution in [3.05, 3.63) is 11.6 Å². The van der Waals surface area contributed by atoms with Crippen LogP contribution in [0.1, 0.15) is 33.6 Å². The van der Waals surface area contributed by atoms with Crippen LogP contribution in [0, 0.1) is 0 Å². The van der Waals surface area contributed by atoms with Gasteiger partial charge in [0.1, 0.15) is 0 Å². The predicted octanol–water partition coefficient (Wildman–Crippen LogP) is 2.32. The zero-order valence-electron chi connectivity index (χ0n) is 6.40. The molecule has 1 heteroatoms. The minimum Gasteiger partial charge on any atom is -0.295 e. The summed E-state index contributed by atoms with van der Waals surface area (Å²) in [5, 5.41) is 0. The standard InChI is InChI=1S/C8H14O/c1-4-6-7(3)8(9)5-2/h6H,4-5H2,1-3H3/b7-6+. The van der Waals surface area contributed by atoms with Crippen LogP contribution >= 0.6 is 0 Å². The number of allylic oxidation sites excluding steroid dienone is 2. The first kappa shape index (κ1) is 8.41. The van der Waals surface area contributed by atoms with Crippen molar-refractivity contribution in [3.8, 4) is 0 Å². The van der Waals surface area contributed by atoms with Gasteiger partial charge in [-0.25, -0.2) is 0 Å². The molecule has 0 saturated carbocycles. The molecule has 0 saturated heterocycles. The molecule has 9 heavy (non-hydrogen) atoms. The summed E-state index contributed by atoms with van der Waals surface area (Å²) in [6, 6.07) is 0. The summed E-state index contributed by atoms with van der Waals surface area (Å²) in [4.78, 5) is 10.8. The lowest BCUT2D eigenvalue weighted by Crippen LogP contribution is -1.95. The van der Waals surface area contributed by atoms with E-state index in [2.05, 4.69) is 0 Å². The summed E-state index contributed by atoms with van der Waals surface area (Å²) in [7, 11) is 0. The first-order chi connectivity index (χ1) is 4.22. The van der Waals surface area contributed by atoms with Gasteiger partial charge in [0.25, 0.3) is 0 Å². The van der Waals surface area contributed by atoms with Gasteiger partial charge in [-0.2, -0.15) is 0 Å². The van der Waals surface area contributed by atoms with Crippen LogP contribution in [0.4, 0.5) is 0 Å². The average molecular weight is 126 g/mol. The highest BCUT2D eigenvalue weighted by Gasteiger charge is 1.97. The molecular formula is C8H14O. The zero-order chi connectivity index (χ0) is 7.28. The van der Waals surface area contributed by atoms with E-state index in [9.17, 15) is 4.79 Å². The second kappa shape index (κ2) is 4.30. The molecule has 0 aliphatic carbocycles. The van der Waals surface area contributed by atoms with Crippen LogP contribution < -0.4 is 0 Å². The molecule has 0 aromatic heterocycles. The maximum absolute atomic E-state index is 10.8. The number of rotatable bonds is 3. The Balaban J connectivity index is 3.86. The summed E-state index contributed by atoms with van der Waals surface area (Å²) in [6.07, 6.45) is 3.55. The summed E-state index contributed by atoms with van der Waals surface area (Å²) in [5.41, 5.74) is 0.903. The van der Waals surface area contributed by atoms with E-state index < -0.39 is 0 Å². The summed E-state index contributed by atoms with van der Waals surface area (Å²) in [6.45, 7) is 5.79. The highest BCUT2D eigenvalue weighted by molar-refractivity contribution is 5.94. The summed E-state index contributed by atoms with van der Waals surface area (Å²) in [5.74, 6) is 0.261. The fourth-order valence-electron chi connectivity index (χ4n) is 0.699. The van der Waals surface area contributed by atoms with Gasteiger partial charge in [-0.15, -0.1) is 0 Å². The smallest absolute Gasteiger partial charge is 0.157 e. The molecule has 0 fully saturated rings. The minimum absolute atomic E-state index is 0.261. The van der Waals surface area contributed by atoms with Crippen LogP contribution in [0.25, 0.3) is 0 Å². The molecular weight excluding hydrogens is 112 g/mol. The molecule has 0 spiro atoms. The van der Waals surface area contributed by atoms with Crippen LogP contribution in [-0.4, -0.2) is 5.78 Å². The topological polar surface area (TPSA) is 17.1 Å². The maximum atomic E-state index is 10.8. The van der Waals surface area contributed by atoms with E-state index in [1.165, 1.54) is 0 Å². The third-order valence-corrected chi connectivity index (χ3v) is 1.27. The molecule has 0 N–H and O–H groups in total. The lowest BCUT2D eigenvalue weighted by molar-refractivity contribution is -0.115. The molecule has 52 valence electrons. The van der Waals surface area contributed by atoms with Crippen molar-refractivity contribution in [2.75, 3.05) is 0 Å². The fraction of sp³-hybridized carbons (Fsp3) is 0.625. The quantitative estimate of drug-likeness (QED) is 0.530. The Morgan fingerprint density at radius 2 is 2.00 bits per heavy atom. The molecule has 0 radical (unpaired) electrons. The van der Waals surface area contributed by atoms with Gasteiger partial charge in [0.15, 0.2) is 5.78 Å². The monoisotopic (exact) mass is 126 g/mol. The number of carbonyl (C=O) groups is 1. The number of ketones is 1. The number of hydrogen-bond donors (Lipinski definition) is 0. The van der Waals surface area contributed by atoms with E-state index in [1.807, 2.05) is 26.8 Å². The highest BCUT2D eigenvalue weighted by atomic mass is 16.1. The third kappa shape index (κ3) is 3.07. The molecule has 0 aromatic rings. The van der Waals surface area contributed by atoms with E-state index in [-0.39, 0.29) is 5.78 Å². The molecule has 0 bridgehead atoms. The second-order valence-corrected chi connectivity index (χ2v) is 2.07. The Bertz CT molecular complexity index is 123. The number of hydrogen-bond acceptors (Lipinski definition) is 1. The molecule has 0 aliphatic heterocycles. The second-order valence-electron chi connectivity index (χ2n) is 2.07. The Morgan fingerprint density at radius 1 is 1.44 bits per heavy atom. The zero-order valence-corrected chi connectivity index (χ0v) is 6.40. The largest absolute Gasteiger partial charge is 0.295 e. The van der Waals surface area contributed by atoms with Gasteiger partial charge in [0.05, 0.1) is 0 Å². The third-order valence-electron chi connectivity index (χ3n) is 1.27. The van der Waals surface area contributed by atoms with Crippen molar-refractivity contribution < 1.29 is 4.79 Å². The van der Waals surface area contributed by atoms with Gasteiger partial charge >= 0.3 is 0 Å². The van der Waals surface area contributed by atoms with Gasteiger partial charge in [0, 0.05) is 6.42 Å². The van der Waals surface area contributed by atoms with Crippen LogP contribution in [0.15, 0.2) is 11.6 Å². The minimum atomic E-state index is 0.261. The van der Waals surface area contributed by atoms with E-state index in [0.717, 1.165) is 12.0 Å². The van der Waals surface area contributed by atoms with E-state index >= 15 is 0 Å². The van der Waals surface area contributed by atoms with Crippen LogP contribution in [0.5, 0.6) is 0 Å². The first-order valence-corrected chi connectivity index (χ1v) is 3.42. The van der Waals surface area contributed by atoms with E-state index in [4.69, 9.17) is 0 Å². The van der Waals surface area contributed by atoms with Crippen LogP contribution in [0.3, 0.4) is 0 Å². The molecule has 0 atom stereocenters. The van der Waals surface area contributed by atoms with Gasteiger partial charge in [-0.05, 0) is 18.9 Å². The summed E-state index contributed by atoms with van der Waals surface area (Å²) < 4.78 is 0. The first-order valence-electron chi connectivity index (χ1n) is 3.42. The Labute approximate surface area is 56.8 Å². The SMILES string of the molecule is CC/C=C(\C)C(=O)CC. The molecule has 0 heterocycles.